The van der Waals surface area contributed by atoms with Crippen LogP contribution in [0.4, 0.5) is 11.8 Å². The van der Waals surface area contributed by atoms with Crippen LogP contribution in [0.3, 0.4) is 0 Å². The molecule has 24 heavy (non-hydrogen) atoms. The van der Waals surface area contributed by atoms with Crippen LogP contribution in [-0.2, 0) is 13.1 Å². The Hall–Kier alpha value is -2.88. The molecule has 0 fully saturated rings. The lowest BCUT2D eigenvalue weighted by Crippen LogP contribution is -2.08. The van der Waals surface area contributed by atoms with Crippen LogP contribution in [0.15, 0.2) is 60.7 Å². The van der Waals surface area contributed by atoms with Gasteiger partial charge in [-0.1, -0.05) is 60.2 Å². The van der Waals surface area contributed by atoms with Crippen molar-refractivity contribution < 1.29 is 0 Å². The van der Waals surface area contributed by atoms with E-state index in [-0.39, 0.29) is 0 Å². The van der Waals surface area contributed by atoms with E-state index >= 15 is 0 Å². The zero-order chi connectivity index (χ0) is 16.8. The summed E-state index contributed by atoms with van der Waals surface area (Å²) in [6, 6.07) is 20.7. The lowest BCUT2D eigenvalue weighted by Gasteiger charge is -2.10. The van der Waals surface area contributed by atoms with E-state index in [2.05, 4.69) is 63.9 Å². The summed E-state index contributed by atoms with van der Waals surface area (Å²) in [5.74, 6) is 1.48. The molecule has 0 aliphatic carbocycles. The lowest BCUT2D eigenvalue weighted by atomic mass is 10.1. The second kappa shape index (κ2) is 7.59. The molecule has 4 heteroatoms. The van der Waals surface area contributed by atoms with E-state index in [1.54, 1.807) is 0 Å². The van der Waals surface area contributed by atoms with E-state index in [0.717, 1.165) is 18.1 Å². The minimum atomic E-state index is 0.644. The van der Waals surface area contributed by atoms with Gasteiger partial charge in [0.1, 0.15) is 5.82 Å². The van der Waals surface area contributed by atoms with Gasteiger partial charge in [0.25, 0.3) is 0 Å². The van der Waals surface area contributed by atoms with Crippen LogP contribution in [0.5, 0.6) is 0 Å². The first kappa shape index (κ1) is 16.0. The number of hydrogen-bond acceptors (Lipinski definition) is 4. The van der Waals surface area contributed by atoms with Gasteiger partial charge in [-0.25, -0.2) is 4.98 Å². The fourth-order valence-corrected chi connectivity index (χ4v) is 2.53. The lowest BCUT2D eigenvalue weighted by molar-refractivity contribution is 1.01. The van der Waals surface area contributed by atoms with E-state index < -0.39 is 0 Å². The highest BCUT2D eigenvalue weighted by Crippen LogP contribution is 2.13. The Balaban J connectivity index is 1.65. The molecule has 3 rings (SSSR count). The van der Waals surface area contributed by atoms with Gasteiger partial charge in [0.05, 0.1) is 0 Å². The zero-order valence-electron chi connectivity index (χ0n) is 14.1. The maximum Gasteiger partial charge on any atom is 0.225 e. The Labute approximate surface area is 143 Å². The highest BCUT2D eigenvalue weighted by molar-refractivity contribution is 5.43. The number of benzene rings is 2. The van der Waals surface area contributed by atoms with Gasteiger partial charge >= 0.3 is 0 Å². The first-order chi connectivity index (χ1) is 11.7. The van der Waals surface area contributed by atoms with Crippen molar-refractivity contribution in [1.29, 1.82) is 0 Å². The Morgan fingerprint density at radius 3 is 2.29 bits per heavy atom. The largest absolute Gasteiger partial charge is 0.366 e. The maximum absolute atomic E-state index is 4.55. The normalized spacial score (nSPS) is 10.4. The van der Waals surface area contributed by atoms with Crippen LogP contribution < -0.4 is 10.6 Å². The zero-order valence-corrected chi connectivity index (χ0v) is 14.1. The number of nitrogens with one attached hydrogen (secondary N) is 2. The smallest absolute Gasteiger partial charge is 0.225 e. The fraction of sp³-hybridized carbons (Fsp3) is 0.200. The van der Waals surface area contributed by atoms with E-state index in [4.69, 9.17) is 0 Å². The molecule has 0 aliphatic heterocycles. The monoisotopic (exact) mass is 318 g/mol. The minimum absolute atomic E-state index is 0.644. The summed E-state index contributed by atoms with van der Waals surface area (Å²) in [5, 5.41) is 6.66. The summed E-state index contributed by atoms with van der Waals surface area (Å²) in [6.07, 6.45) is 0. The molecule has 0 aliphatic rings. The van der Waals surface area contributed by atoms with Crippen LogP contribution in [-0.4, -0.2) is 9.97 Å². The molecule has 0 unspecified atom stereocenters. The third-order valence-electron chi connectivity index (χ3n) is 3.70. The molecule has 0 atom stereocenters. The first-order valence-electron chi connectivity index (χ1n) is 8.12. The molecular formula is C20H22N4. The van der Waals surface area contributed by atoms with Crippen molar-refractivity contribution in [3.8, 4) is 0 Å². The average molecular weight is 318 g/mol. The second-order valence-corrected chi connectivity index (χ2v) is 5.90. The predicted octanol–water partition coefficient (Wildman–Crippen LogP) is 4.32. The van der Waals surface area contributed by atoms with Crippen molar-refractivity contribution in [1.82, 2.24) is 9.97 Å². The molecule has 4 nitrogen and oxygen atoms in total. The highest BCUT2D eigenvalue weighted by Gasteiger charge is 2.03. The molecule has 1 heterocycles. The predicted molar refractivity (Wildman–Crippen MR) is 99.0 cm³/mol. The SMILES string of the molecule is Cc1cccc(CNc2cc(C)nc(NCc3ccccc3)n2)c1. The van der Waals surface area contributed by atoms with Crippen molar-refractivity contribution in [2.75, 3.05) is 10.6 Å². The van der Waals surface area contributed by atoms with Gasteiger partial charge in [0, 0.05) is 24.8 Å². The number of anilines is 2. The summed E-state index contributed by atoms with van der Waals surface area (Å²) in [5.41, 5.74) is 4.65. The summed E-state index contributed by atoms with van der Waals surface area (Å²) in [7, 11) is 0. The fourth-order valence-electron chi connectivity index (χ4n) is 2.53. The van der Waals surface area contributed by atoms with Gasteiger partial charge in [0.2, 0.25) is 5.95 Å². The van der Waals surface area contributed by atoms with E-state index in [1.165, 1.54) is 16.7 Å². The number of aromatic nitrogens is 2. The number of nitrogens with zero attached hydrogens (tertiary/aromatic N) is 2. The van der Waals surface area contributed by atoms with Crippen molar-refractivity contribution in [3.63, 3.8) is 0 Å². The van der Waals surface area contributed by atoms with Crippen LogP contribution in [0, 0.1) is 13.8 Å². The van der Waals surface area contributed by atoms with Gasteiger partial charge < -0.3 is 10.6 Å². The molecule has 0 saturated heterocycles. The molecule has 0 amide bonds. The Morgan fingerprint density at radius 2 is 1.50 bits per heavy atom. The molecule has 3 aromatic rings. The summed E-state index contributed by atoms with van der Waals surface area (Å²) < 4.78 is 0. The van der Waals surface area contributed by atoms with E-state index in [1.807, 2.05) is 31.2 Å². The van der Waals surface area contributed by atoms with Crippen LogP contribution in [0.25, 0.3) is 0 Å². The van der Waals surface area contributed by atoms with Gasteiger partial charge in [-0.3, -0.25) is 0 Å². The number of hydrogen-bond donors (Lipinski definition) is 2. The molecular weight excluding hydrogens is 296 g/mol. The Kier molecular flexibility index (Phi) is 5.06. The Morgan fingerprint density at radius 1 is 0.750 bits per heavy atom. The highest BCUT2D eigenvalue weighted by atomic mass is 15.1. The molecule has 0 spiro atoms. The third kappa shape index (κ3) is 4.56. The standard InChI is InChI=1S/C20H22N4/c1-15-7-6-10-18(11-15)14-21-19-12-16(2)23-20(24-19)22-13-17-8-4-3-5-9-17/h3-12H,13-14H2,1-2H3,(H2,21,22,23,24). The second-order valence-electron chi connectivity index (χ2n) is 5.90. The van der Waals surface area contributed by atoms with Crippen LogP contribution in [0.2, 0.25) is 0 Å². The molecule has 2 N–H and O–H groups in total. The number of aryl methyl sites for hydroxylation is 2. The summed E-state index contributed by atoms with van der Waals surface area (Å²) in [4.78, 5) is 9.01. The molecule has 0 radical (unpaired) electrons. The van der Waals surface area contributed by atoms with Crippen molar-refractivity contribution in [2.24, 2.45) is 0 Å². The van der Waals surface area contributed by atoms with Gasteiger partial charge in [-0.05, 0) is 25.0 Å². The summed E-state index contributed by atoms with van der Waals surface area (Å²) >= 11 is 0. The minimum Gasteiger partial charge on any atom is -0.366 e. The number of rotatable bonds is 6. The van der Waals surface area contributed by atoms with E-state index in [0.29, 0.717) is 12.5 Å². The van der Waals surface area contributed by atoms with Crippen LogP contribution in [0.1, 0.15) is 22.4 Å². The van der Waals surface area contributed by atoms with Gasteiger partial charge in [-0.2, -0.15) is 4.98 Å². The quantitative estimate of drug-likeness (QED) is 0.711. The van der Waals surface area contributed by atoms with Crippen LogP contribution >= 0.6 is 0 Å². The molecule has 122 valence electrons. The maximum atomic E-state index is 4.55. The Bertz CT molecular complexity index is 800. The molecule has 0 bridgehead atoms. The average Bonchev–Trinajstić information content (AvgIpc) is 2.59. The first-order valence-corrected chi connectivity index (χ1v) is 8.12. The van der Waals surface area contributed by atoms with Gasteiger partial charge in [0.15, 0.2) is 0 Å². The molecule has 0 saturated carbocycles. The molecule has 2 aromatic carbocycles. The topological polar surface area (TPSA) is 49.8 Å². The molecule has 1 aromatic heterocycles. The van der Waals surface area contributed by atoms with Crippen molar-refractivity contribution >= 4 is 11.8 Å². The van der Waals surface area contributed by atoms with Crippen molar-refractivity contribution in [3.05, 3.63) is 83.0 Å². The van der Waals surface area contributed by atoms with E-state index in [9.17, 15) is 0 Å². The van der Waals surface area contributed by atoms with Gasteiger partial charge in [-0.15, -0.1) is 0 Å². The van der Waals surface area contributed by atoms with Crippen molar-refractivity contribution in [2.45, 2.75) is 26.9 Å². The summed E-state index contributed by atoms with van der Waals surface area (Å²) in [6.45, 7) is 5.54. The third-order valence-corrected chi connectivity index (χ3v) is 3.70.